The quantitative estimate of drug-likeness (QED) is 0.672. The number of unbranched alkanes of at least 4 members (excludes halogenated alkanes) is 1. The lowest BCUT2D eigenvalue weighted by Crippen LogP contribution is -2.32. The molecule has 0 amide bonds. The number of cyclic esters (lactones) is 1. The Kier molecular flexibility index (Phi) is 3.96. The maximum Gasteiger partial charge on any atom is 0.330 e. The van der Waals surface area contributed by atoms with E-state index in [1.165, 1.54) is 6.08 Å². The van der Waals surface area contributed by atoms with Crippen LogP contribution in [-0.2, 0) is 9.53 Å². The topological polar surface area (TPSA) is 46.5 Å². The second kappa shape index (κ2) is 5.02. The monoisotopic (exact) mass is 184 g/mol. The average molecular weight is 184 g/mol. The molecule has 13 heavy (non-hydrogen) atoms. The van der Waals surface area contributed by atoms with Crippen LogP contribution in [0.2, 0.25) is 0 Å². The van der Waals surface area contributed by atoms with Crippen molar-refractivity contribution in [1.82, 2.24) is 0 Å². The van der Waals surface area contributed by atoms with Gasteiger partial charge in [-0.15, -0.1) is 0 Å². The summed E-state index contributed by atoms with van der Waals surface area (Å²) in [6.07, 6.45) is 5.69. The van der Waals surface area contributed by atoms with Crippen molar-refractivity contribution in [3.8, 4) is 0 Å². The lowest BCUT2D eigenvalue weighted by molar-refractivity contribution is -0.150. The molecule has 0 aliphatic carbocycles. The van der Waals surface area contributed by atoms with Gasteiger partial charge in [-0.05, 0) is 6.42 Å². The van der Waals surface area contributed by atoms with Crippen molar-refractivity contribution < 1.29 is 14.6 Å². The molecule has 0 saturated heterocycles. The summed E-state index contributed by atoms with van der Waals surface area (Å²) in [5.41, 5.74) is 0. The molecular weight excluding hydrogens is 168 g/mol. The molecule has 74 valence electrons. The zero-order valence-electron chi connectivity index (χ0n) is 7.90. The molecule has 0 radical (unpaired) electrons. The van der Waals surface area contributed by atoms with E-state index in [-0.39, 0.29) is 12.1 Å². The van der Waals surface area contributed by atoms with E-state index in [4.69, 9.17) is 4.74 Å². The average Bonchev–Trinajstić information content (AvgIpc) is 2.14. The van der Waals surface area contributed by atoms with Crippen molar-refractivity contribution in [2.75, 3.05) is 0 Å². The lowest BCUT2D eigenvalue weighted by Gasteiger charge is -2.23. The van der Waals surface area contributed by atoms with Crippen molar-refractivity contribution >= 4 is 5.97 Å². The number of ether oxygens (including phenoxy) is 1. The molecule has 1 N–H and O–H groups in total. The van der Waals surface area contributed by atoms with E-state index in [0.29, 0.717) is 12.8 Å². The first-order valence-corrected chi connectivity index (χ1v) is 4.79. The summed E-state index contributed by atoms with van der Waals surface area (Å²) in [6.45, 7) is 2.07. The maximum atomic E-state index is 10.8. The van der Waals surface area contributed by atoms with Crippen molar-refractivity contribution in [2.45, 2.75) is 44.8 Å². The molecule has 0 aromatic carbocycles. The van der Waals surface area contributed by atoms with E-state index in [1.54, 1.807) is 6.08 Å². The van der Waals surface area contributed by atoms with Gasteiger partial charge in [-0.25, -0.2) is 4.79 Å². The van der Waals surface area contributed by atoms with Crippen molar-refractivity contribution in [1.29, 1.82) is 0 Å². The fourth-order valence-corrected chi connectivity index (χ4v) is 1.37. The number of esters is 1. The Morgan fingerprint density at radius 1 is 1.77 bits per heavy atom. The molecule has 1 rings (SSSR count). The molecule has 1 heterocycles. The summed E-state index contributed by atoms with van der Waals surface area (Å²) in [5, 5.41) is 9.61. The van der Waals surface area contributed by atoms with Gasteiger partial charge >= 0.3 is 5.97 Å². The molecule has 0 spiro atoms. The highest BCUT2D eigenvalue weighted by Gasteiger charge is 2.23. The minimum absolute atomic E-state index is 0.330. The number of aliphatic hydroxyl groups excluding tert-OH is 1. The van der Waals surface area contributed by atoms with E-state index in [2.05, 4.69) is 6.92 Å². The van der Waals surface area contributed by atoms with Gasteiger partial charge in [0.1, 0.15) is 6.10 Å². The SMILES string of the molecule is CCCC[C@H](O)[C@@H]1CC=CC(=O)O1. The Morgan fingerprint density at radius 2 is 2.54 bits per heavy atom. The van der Waals surface area contributed by atoms with Crippen LogP contribution >= 0.6 is 0 Å². The molecule has 0 aromatic heterocycles. The Hall–Kier alpha value is -0.830. The predicted octanol–water partition coefficient (Wildman–Crippen LogP) is 1.41. The van der Waals surface area contributed by atoms with Crippen molar-refractivity contribution in [2.24, 2.45) is 0 Å². The van der Waals surface area contributed by atoms with Crippen LogP contribution in [0.25, 0.3) is 0 Å². The molecule has 0 unspecified atom stereocenters. The van der Waals surface area contributed by atoms with Crippen LogP contribution in [0.15, 0.2) is 12.2 Å². The van der Waals surface area contributed by atoms with Crippen LogP contribution in [0.1, 0.15) is 32.6 Å². The normalized spacial score (nSPS) is 24.2. The molecule has 0 saturated carbocycles. The van der Waals surface area contributed by atoms with Gasteiger partial charge in [-0.3, -0.25) is 0 Å². The molecule has 1 aliphatic heterocycles. The van der Waals surface area contributed by atoms with E-state index in [0.717, 1.165) is 12.8 Å². The van der Waals surface area contributed by atoms with Gasteiger partial charge < -0.3 is 9.84 Å². The van der Waals surface area contributed by atoms with Gasteiger partial charge in [-0.1, -0.05) is 25.8 Å². The third kappa shape index (κ3) is 3.19. The van der Waals surface area contributed by atoms with E-state index in [9.17, 15) is 9.90 Å². The van der Waals surface area contributed by atoms with Gasteiger partial charge in [0, 0.05) is 12.5 Å². The Bertz CT molecular complexity index is 198. The number of carbonyl (C=O) groups excluding carboxylic acids is 1. The van der Waals surface area contributed by atoms with Gasteiger partial charge in [0.05, 0.1) is 6.10 Å². The number of aliphatic hydroxyl groups is 1. The van der Waals surface area contributed by atoms with Crippen LogP contribution < -0.4 is 0 Å². The predicted molar refractivity (Wildman–Crippen MR) is 49.2 cm³/mol. The van der Waals surface area contributed by atoms with E-state index >= 15 is 0 Å². The van der Waals surface area contributed by atoms with Gasteiger partial charge in [0.15, 0.2) is 0 Å². The van der Waals surface area contributed by atoms with Gasteiger partial charge in [0.25, 0.3) is 0 Å². The zero-order chi connectivity index (χ0) is 9.68. The lowest BCUT2D eigenvalue weighted by atomic mass is 10.0. The largest absolute Gasteiger partial charge is 0.456 e. The van der Waals surface area contributed by atoms with Crippen LogP contribution in [0, 0.1) is 0 Å². The number of hydrogen-bond donors (Lipinski definition) is 1. The molecule has 0 bridgehead atoms. The van der Waals surface area contributed by atoms with E-state index < -0.39 is 6.10 Å². The summed E-state index contributed by atoms with van der Waals surface area (Å²) >= 11 is 0. The third-order valence-corrected chi connectivity index (χ3v) is 2.17. The Labute approximate surface area is 78.4 Å². The van der Waals surface area contributed by atoms with Crippen LogP contribution in [0.5, 0.6) is 0 Å². The Balaban J connectivity index is 2.34. The van der Waals surface area contributed by atoms with Gasteiger partial charge in [0.2, 0.25) is 0 Å². The number of rotatable bonds is 4. The summed E-state index contributed by atoms with van der Waals surface area (Å²) < 4.78 is 4.97. The minimum atomic E-state index is -0.506. The highest BCUT2D eigenvalue weighted by atomic mass is 16.6. The van der Waals surface area contributed by atoms with Gasteiger partial charge in [-0.2, -0.15) is 0 Å². The molecule has 2 atom stereocenters. The molecular formula is C10H16O3. The summed E-state index contributed by atoms with van der Waals surface area (Å²) in [5.74, 6) is -0.341. The highest BCUT2D eigenvalue weighted by molar-refractivity contribution is 5.82. The molecule has 0 fully saturated rings. The molecule has 0 aromatic rings. The summed E-state index contributed by atoms with van der Waals surface area (Å²) in [7, 11) is 0. The first kappa shape index (κ1) is 10.3. The third-order valence-electron chi connectivity index (χ3n) is 2.17. The molecule has 3 heteroatoms. The standard InChI is InChI=1S/C10H16O3/c1-2-3-5-8(11)9-6-4-7-10(12)13-9/h4,7-9,11H,2-3,5-6H2,1H3/t8-,9-/m0/s1. The zero-order valence-corrected chi connectivity index (χ0v) is 7.90. The second-order valence-electron chi connectivity index (χ2n) is 3.32. The molecule has 3 nitrogen and oxygen atoms in total. The maximum absolute atomic E-state index is 10.8. The fraction of sp³-hybridized carbons (Fsp3) is 0.700. The highest BCUT2D eigenvalue weighted by Crippen LogP contribution is 2.15. The molecule has 1 aliphatic rings. The summed E-state index contributed by atoms with van der Waals surface area (Å²) in [6, 6.07) is 0. The van der Waals surface area contributed by atoms with Crippen LogP contribution in [0.4, 0.5) is 0 Å². The number of carbonyl (C=O) groups is 1. The smallest absolute Gasteiger partial charge is 0.330 e. The van der Waals surface area contributed by atoms with E-state index in [1.807, 2.05) is 0 Å². The summed E-state index contributed by atoms with van der Waals surface area (Å²) in [4.78, 5) is 10.8. The number of hydrogen-bond acceptors (Lipinski definition) is 3. The fourth-order valence-electron chi connectivity index (χ4n) is 1.37. The van der Waals surface area contributed by atoms with Crippen molar-refractivity contribution in [3.05, 3.63) is 12.2 Å². The van der Waals surface area contributed by atoms with Crippen LogP contribution in [0.3, 0.4) is 0 Å². The Morgan fingerprint density at radius 3 is 3.15 bits per heavy atom. The first-order chi connectivity index (χ1) is 6.24. The first-order valence-electron chi connectivity index (χ1n) is 4.79. The minimum Gasteiger partial charge on any atom is -0.456 e. The second-order valence-corrected chi connectivity index (χ2v) is 3.32. The van der Waals surface area contributed by atoms with Crippen LogP contribution in [-0.4, -0.2) is 23.3 Å². The van der Waals surface area contributed by atoms with Crippen molar-refractivity contribution in [3.63, 3.8) is 0 Å².